The number of benzene rings is 2. The second-order valence-corrected chi connectivity index (χ2v) is 6.98. The van der Waals surface area contributed by atoms with Crippen LogP contribution in [0.2, 0.25) is 0 Å². The van der Waals surface area contributed by atoms with E-state index in [0.717, 1.165) is 16.8 Å². The van der Waals surface area contributed by atoms with Crippen LogP contribution >= 0.6 is 0 Å². The molecule has 2 N–H and O–H groups in total. The number of hydrogen-bond donors (Lipinski definition) is 2. The second kappa shape index (κ2) is 7.31. The van der Waals surface area contributed by atoms with Crippen LogP contribution in [0.15, 0.2) is 59.4 Å². The largest absolute Gasteiger partial charge is 0.348 e. The fraction of sp³-hybridized carbons (Fsp3) is 0.130. The lowest BCUT2D eigenvalue weighted by Crippen LogP contribution is -2.16. The minimum absolute atomic E-state index is 0.0942. The van der Waals surface area contributed by atoms with E-state index in [2.05, 4.69) is 20.3 Å². The first-order chi connectivity index (χ1) is 13.9. The third-order valence-corrected chi connectivity index (χ3v) is 4.78. The Bertz CT molecular complexity index is 1280. The number of pyridine rings is 1. The van der Waals surface area contributed by atoms with E-state index >= 15 is 0 Å². The fourth-order valence-electron chi connectivity index (χ4n) is 3.50. The van der Waals surface area contributed by atoms with Crippen molar-refractivity contribution in [2.75, 3.05) is 5.32 Å². The van der Waals surface area contributed by atoms with Gasteiger partial charge in [-0.1, -0.05) is 48.0 Å². The number of ketones is 1. The number of aromatic nitrogens is 3. The Labute approximate surface area is 167 Å². The van der Waals surface area contributed by atoms with Crippen LogP contribution in [-0.4, -0.2) is 20.7 Å². The van der Waals surface area contributed by atoms with Gasteiger partial charge in [0.1, 0.15) is 5.82 Å². The quantitative estimate of drug-likeness (QED) is 0.504. The van der Waals surface area contributed by atoms with Crippen molar-refractivity contribution in [3.63, 3.8) is 0 Å². The molecule has 0 aliphatic heterocycles. The van der Waals surface area contributed by atoms with Gasteiger partial charge in [0.25, 0.3) is 0 Å². The molecule has 0 fully saturated rings. The van der Waals surface area contributed by atoms with Crippen molar-refractivity contribution in [3.05, 3.63) is 81.9 Å². The van der Waals surface area contributed by atoms with Crippen molar-refractivity contribution in [1.29, 1.82) is 0 Å². The molecule has 0 aliphatic rings. The van der Waals surface area contributed by atoms with Crippen molar-refractivity contribution in [2.24, 2.45) is 0 Å². The molecule has 4 aromatic rings. The number of carbonyl (C=O) groups excluding carboxylic acids is 1. The van der Waals surface area contributed by atoms with Gasteiger partial charge in [-0.3, -0.25) is 9.78 Å². The monoisotopic (exact) mass is 384 g/mol. The van der Waals surface area contributed by atoms with Crippen LogP contribution in [0.4, 0.5) is 11.5 Å². The van der Waals surface area contributed by atoms with Gasteiger partial charge in [0.05, 0.1) is 11.1 Å². The summed E-state index contributed by atoms with van der Waals surface area (Å²) < 4.78 is 0. The number of nitrogens with zero attached hydrogens (tertiary/aromatic N) is 2. The summed E-state index contributed by atoms with van der Waals surface area (Å²) >= 11 is 0. The van der Waals surface area contributed by atoms with Crippen LogP contribution < -0.4 is 11.0 Å². The summed E-state index contributed by atoms with van der Waals surface area (Å²) in [5, 5.41) is 3.87. The Hall–Kier alpha value is -3.80. The predicted molar refractivity (Wildman–Crippen MR) is 115 cm³/mol. The molecule has 2 heterocycles. The first kappa shape index (κ1) is 18.6. The molecule has 6 nitrogen and oxygen atoms in total. The number of nitrogens with one attached hydrogen (secondary N) is 2. The molecule has 0 atom stereocenters. The van der Waals surface area contributed by atoms with Gasteiger partial charge in [-0.15, -0.1) is 0 Å². The summed E-state index contributed by atoms with van der Waals surface area (Å²) in [6.07, 6.45) is 0. The van der Waals surface area contributed by atoms with Crippen molar-refractivity contribution in [1.82, 2.24) is 15.0 Å². The van der Waals surface area contributed by atoms with E-state index in [1.54, 1.807) is 6.92 Å². The molecular formula is C23H20N4O2. The highest BCUT2D eigenvalue weighted by atomic mass is 16.1. The van der Waals surface area contributed by atoms with Crippen molar-refractivity contribution < 1.29 is 4.79 Å². The highest BCUT2D eigenvalue weighted by Crippen LogP contribution is 2.36. The zero-order valence-corrected chi connectivity index (χ0v) is 16.4. The summed E-state index contributed by atoms with van der Waals surface area (Å²) in [5.74, 6) is 0.362. The van der Waals surface area contributed by atoms with Gasteiger partial charge in [0.15, 0.2) is 11.4 Å². The molecular weight excluding hydrogens is 364 g/mol. The third kappa shape index (κ3) is 3.52. The maximum atomic E-state index is 12.5. The molecule has 29 heavy (non-hydrogen) atoms. The summed E-state index contributed by atoms with van der Waals surface area (Å²) in [6.45, 7) is 5.29. The SMILES string of the molecule is CC(=O)c1c(C)nc2nc(=O)[nH]c(Nc3ccc(C)cc3)c2c1-c1ccccc1. The Balaban J connectivity index is 2.08. The van der Waals surface area contributed by atoms with E-state index in [1.807, 2.05) is 61.5 Å². The van der Waals surface area contributed by atoms with Gasteiger partial charge < -0.3 is 5.32 Å². The van der Waals surface area contributed by atoms with Gasteiger partial charge in [-0.2, -0.15) is 4.98 Å². The molecule has 0 aliphatic carbocycles. The molecule has 144 valence electrons. The zero-order valence-electron chi connectivity index (χ0n) is 16.4. The Morgan fingerprint density at radius 1 is 0.966 bits per heavy atom. The van der Waals surface area contributed by atoms with Crippen molar-refractivity contribution >= 4 is 28.3 Å². The molecule has 6 heteroatoms. The van der Waals surface area contributed by atoms with E-state index in [9.17, 15) is 9.59 Å². The van der Waals surface area contributed by atoms with Crippen LogP contribution in [-0.2, 0) is 0 Å². The first-order valence-electron chi connectivity index (χ1n) is 9.28. The summed E-state index contributed by atoms with van der Waals surface area (Å²) in [6, 6.07) is 17.4. The van der Waals surface area contributed by atoms with E-state index in [1.165, 1.54) is 6.92 Å². The topological polar surface area (TPSA) is 87.7 Å². The number of H-pyrrole nitrogens is 1. The normalized spacial score (nSPS) is 10.9. The number of aromatic amines is 1. The molecule has 2 aromatic heterocycles. The van der Waals surface area contributed by atoms with Crippen molar-refractivity contribution in [3.8, 4) is 11.1 Å². The average molecular weight is 384 g/mol. The minimum Gasteiger partial charge on any atom is -0.341 e. The molecule has 0 radical (unpaired) electrons. The molecule has 0 bridgehead atoms. The number of Topliss-reactive ketones (excluding diaryl/α,β-unsaturated/α-hetero) is 1. The second-order valence-electron chi connectivity index (χ2n) is 6.98. The van der Waals surface area contributed by atoms with Gasteiger partial charge in [-0.05, 0) is 38.5 Å². The smallest absolute Gasteiger partial charge is 0.341 e. The van der Waals surface area contributed by atoms with E-state index in [-0.39, 0.29) is 5.78 Å². The predicted octanol–water partition coefficient (Wildman–Crippen LogP) is 4.55. The molecule has 0 saturated carbocycles. The summed E-state index contributed by atoms with van der Waals surface area (Å²) in [4.78, 5) is 36.1. The van der Waals surface area contributed by atoms with E-state index < -0.39 is 5.69 Å². The fourth-order valence-corrected chi connectivity index (χ4v) is 3.50. The molecule has 0 amide bonds. The van der Waals surface area contributed by atoms with E-state index in [0.29, 0.717) is 33.7 Å². The van der Waals surface area contributed by atoms with Crippen molar-refractivity contribution in [2.45, 2.75) is 20.8 Å². The number of aryl methyl sites for hydroxylation is 2. The van der Waals surface area contributed by atoms with Crippen LogP contribution in [0.25, 0.3) is 22.2 Å². The van der Waals surface area contributed by atoms with Crippen LogP contribution in [0, 0.1) is 13.8 Å². The zero-order chi connectivity index (χ0) is 20.5. The highest BCUT2D eigenvalue weighted by Gasteiger charge is 2.21. The Kier molecular flexibility index (Phi) is 4.68. The van der Waals surface area contributed by atoms with Crippen LogP contribution in [0.5, 0.6) is 0 Å². The third-order valence-electron chi connectivity index (χ3n) is 4.78. The number of rotatable bonds is 4. The maximum absolute atomic E-state index is 12.5. The molecule has 0 spiro atoms. The molecule has 4 rings (SSSR count). The Morgan fingerprint density at radius 2 is 1.66 bits per heavy atom. The highest BCUT2D eigenvalue weighted by molar-refractivity contribution is 6.12. The van der Waals surface area contributed by atoms with Gasteiger partial charge in [0.2, 0.25) is 0 Å². The lowest BCUT2D eigenvalue weighted by molar-refractivity contribution is 0.101. The van der Waals surface area contributed by atoms with E-state index in [4.69, 9.17) is 0 Å². The maximum Gasteiger partial charge on any atom is 0.348 e. The number of anilines is 2. The lowest BCUT2D eigenvalue weighted by atomic mass is 9.93. The summed E-state index contributed by atoms with van der Waals surface area (Å²) in [7, 11) is 0. The number of carbonyl (C=O) groups is 1. The van der Waals surface area contributed by atoms with Crippen LogP contribution in [0.1, 0.15) is 28.5 Å². The number of hydrogen-bond acceptors (Lipinski definition) is 5. The van der Waals surface area contributed by atoms with Gasteiger partial charge >= 0.3 is 5.69 Å². The molecule has 0 saturated heterocycles. The Morgan fingerprint density at radius 3 is 2.31 bits per heavy atom. The summed E-state index contributed by atoms with van der Waals surface area (Å²) in [5.41, 5.74) is 4.35. The minimum atomic E-state index is -0.506. The average Bonchev–Trinajstić information content (AvgIpc) is 2.69. The standard InChI is InChI=1S/C23H20N4O2/c1-13-9-11-17(12-10-13)25-22-20-19(16-7-5-4-6-8-16)18(15(3)28)14(2)24-21(20)26-23(29)27-22/h4-12H,1-3H3,(H2,24,25,26,27,29). The van der Waals surface area contributed by atoms with Crippen LogP contribution in [0.3, 0.4) is 0 Å². The molecule has 0 unspecified atom stereocenters. The van der Waals surface area contributed by atoms with Gasteiger partial charge in [-0.25, -0.2) is 9.78 Å². The number of fused-ring (bicyclic) bond motifs is 1. The van der Waals surface area contributed by atoms with Gasteiger partial charge in [0, 0.05) is 16.8 Å². The molecule has 2 aromatic carbocycles. The lowest BCUT2D eigenvalue weighted by Gasteiger charge is -2.17. The first-order valence-corrected chi connectivity index (χ1v) is 9.28.